The van der Waals surface area contributed by atoms with Crippen LogP contribution in [0.1, 0.15) is 18.1 Å². The SMILES string of the molecule is Cc1cc(=O)oc2cc(NC(=O)OCc3ccc(O[C@@H]4O[C@@H](C)[C@@H](O)[C@@H](O)[C@@H]4O)cc3)ccc12. The van der Waals surface area contributed by atoms with E-state index in [1.807, 2.05) is 0 Å². The van der Waals surface area contributed by atoms with Crippen LogP contribution in [0.4, 0.5) is 10.5 Å². The standard InChI is InChI=1S/C24H25NO9/c1-12-9-19(26)34-18-10-15(5-8-17(12)18)25-24(30)31-11-14-3-6-16(7-4-14)33-23-22(29)21(28)20(27)13(2)32-23/h3-10,13,20-23,27-29H,11H2,1-2H3,(H,25,30)/t13-,20+,21+,22-,23-/m0/s1. The van der Waals surface area contributed by atoms with Crippen LogP contribution in [0.15, 0.2) is 57.7 Å². The second kappa shape index (κ2) is 9.82. The Morgan fingerprint density at radius 2 is 1.76 bits per heavy atom. The van der Waals surface area contributed by atoms with Gasteiger partial charge in [-0.1, -0.05) is 12.1 Å². The van der Waals surface area contributed by atoms with Gasteiger partial charge in [-0.2, -0.15) is 0 Å². The topological polar surface area (TPSA) is 148 Å². The number of nitrogens with one attached hydrogen (secondary N) is 1. The van der Waals surface area contributed by atoms with Crippen LogP contribution in [0.2, 0.25) is 0 Å². The molecule has 0 bridgehead atoms. The van der Waals surface area contributed by atoms with Gasteiger partial charge in [-0.3, -0.25) is 5.32 Å². The van der Waals surface area contributed by atoms with Gasteiger partial charge in [-0.15, -0.1) is 0 Å². The molecule has 4 rings (SSSR count). The Hall–Kier alpha value is -3.44. The minimum absolute atomic E-state index is 0.0155. The number of rotatable bonds is 5. The van der Waals surface area contributed by atoms with E-state index < -0.39 is 42.4 Å². The molecule has 1 fully saturated rings. The third-order valence-electron chi connectivity index (χ3n) is 5.55. The predicted octanol–water partition coefficient (Wildman–Crippen LogP) is 2.06. The summed E-state index contributed by atoms with van der Waals surface area (Å²) in [7, 11) is 0. The van der Waals surface area contributed by atoms with Gasteiger partial charge in [0.1, 0.15) is 36.3 Å². The van der Waals surface area contributed by atoms with Gasteiger partial charge in [0.25, 0.3) is 0 Å². The van der Waals surface area contributed by atoms with Crippen LogP contribution < -0.4 is 15.7 Å². The van der Waals surface area contributed by atoms with Crippen LogP contribution >= 0.6 is 0 Å². The Labute approximate surface area is 194 Å². The monoisotopic (exact) mass is 471 g/mol. The fraction of sp³-hybridized carbons (Fsp3) is 0.333. The van der Waals surface area contributed by atoms with Crippen LogP contribution in [-0.2, 0) is 16.1 Å². The first-order valence-corrected chi connectivity index (χ1v) is 10.6. The summed E-state index contributed by atoms with van der Waals surface area (Å²) in [5.41, 5.74) is 1.77. The first-order valence-electron chi connectivity index (χ1n) is 10.6. The lowest BCUT2D eigenvalue weighted by Crippen LogP contribution is -2.58. The molecule has 4 N–H and O–H groups in total. The van der Waals surface area contributed by atoms with Gasteiger partial charge >= 0.3 is 11.7 Å². The summed E-state index contributed by atoms with van der Waals surface area (Å²) in [5.74, 6) is 0.362. The normalized spacial score (nSPS) is 24.6. The summed E-state index contributed by atoms with van der Waals surface area (Å²) in [6.07, 6.45) is -6.55. The van der Waals surface area contributed by atoms with Crippen LogP contribution in [-0.4, -0.2) is 52.1 Å². The molecule has 2 heterocycles. The van der Waals surface area contributed by atoms with Crippen LogP contribution in [0, 0.1) is 6.92 Å². The summed E-state index contributed by atoms with van der Waals surface area (Å²) in [6.45, 7) is 3.35. The van der Waals surface area contributed by atoms with E-state index in [1.165, 1.54) is 6.07 Å². The summed E-state index contributed by atoms with van der Waals surface area (Å²) in [4.78, 5) is 23.7. The molecule has 2 aromatic carbocycles. The summed E-state index contributed by atoms with van der Waals surface area (Å²) in [6, 6.07) is 12.9. The number of carbonyl (C=O) groups is 1. The van der Waals surface area contributed by atoms with Crippen molar-refractivity contribution in [3.8, 4) is 5.75 Å². The highest BCUT2D eigenvalue weighted by Crippen LogP contribution is 2.25. The van der Waals surface area contributed by atoms with Crippen molar-refractivity contribution in [2.75, 3.05) is 5.32 Å². The lowest BCUT2D eigenvalue weighted by Gasteiger charge is -2.38. The van der Waals surface area contributed by atoms with Crippen molar-refractivity contribution in [1.29, 1.82) is 0 Å². The number of amides is 1. The van der Waals surface area contributed by atoms with Crippen molar-refractivity contribution in [3.05, 3.63) is 70.1 Å². The number of aliphatic hydroxyl groups is 3. The van der Waals surface area contributed by atoms with Crippen molar-refractivity contribution in [3.63, 3.8) is 0 Å². The van der Waals surface area contributed by atoms with Crippen molar-refractivity contribution < 1.29 is 38.7 Å². The van der Waals surface area contributed by atoms with Crippen molar-refractivity contribution >= 4 is 22.7 Å². The molecule has 10 heteroatoms. The minimum atomic E-state index is -1.41. The number of anilines is 1. The average molecular weight is 471 g/mol. The largest absolute Gasteiger partial charge is 0.462 e. The Morgan fingerprint density at radius 3 is 2.50 bits per heavy atom. The molecule has 1 aliphatic heterocycles. The van der Waals surface area contributed by atoms with Crippen molar-refractivity contribution in [1.82, 2.24) is 0 Å². The van der Waals surface area contributed by atoms with Gasteiger partial charge in [0.05, 0.1) is 6.10 Å². The smallest absolute Gasteiger partial charge is 0.411 e. The Bertz CT molecular complexity index is 1220. The van der Waals surface area contributed by atoms with Gasteiger partial charge in [-0.25, -0.2) is 9.59 Å². The van der Waals surface area contributed by atoms with E-state index >= 15 is 0 Å². The van der Waals surface area contributed by atoms with Crippen LogP contribution in [0.3, 0.4) is 0 Å². The van der Waals surface area contributed by atoms with Crippen molar-refractivity contribution in [2.45, 2.75) is 51.2 Å². The van der Waals surface area contributed by atoms with Gasteiger partial charge in [-0.05, 0) is 49.2 Å². The van der Waals surface area contributed by atoms with Gasteiger partial charge in [0, 0.05) is 23.2 Å². The number of carbonyl (C=O) groups excluding carboxylic acids is 1. The lowest BCUT2D eigenvalue weighted by atomic mass is 10.00. The first-order chi connectivity index (χ1) is 16.2. The zero-order valence-electron chi connectivity index (χ0n) is 18.5. The Morgan fingerprint density at radius 1 is 1.03 bits per heavy atom. The number of hydrogen-bond donors (Lipinski definition) is 4. The molecule has 0 radical (unpaired) electrons. The third kappa shape index (κ3) is 5.20. The Balaban J connectivity index is 1.31. The maximum Gasteiger partial charge on any atom is 0.411 e. The quantitative estimate of drug-likeness (QED) is 0.410. The highest BCUT2D eigenvalue weighted by Gasteiger charge is 2.43. The molecule has 1 aromatic heterocycles. The highest BCUT2D eigenvalue weighted by molar-refractivity contribution is 5.89. The van der Waals surface area contributed by atoms with Gasteiger partial charge in [0.15, 0.2) is 0 Å². The maximum absolute atomic E-state index is 12.2. The minimum Gasteiger partial charge on any atom is -0.462 e. The van der Waals surface area contributed by atoms with Crippen LogP contribution in [0.25, 0.3) is 11.0 Å². The average Bonchev–Trinajstić information content (AvgIpc) is 2.80. The number of aliphatic hydroxyl groups excluding tert-OH is 3. The summed E-state index contributed by atoms with van der Waals surface area (Å²) < 4.78 is 21.4. The van der Waals surface area contributed by atoms with Gasteiger partial charge in [0.2, 0.25) is 6.29 Å². The van der Waals surface area contributed by atoms with Gasteiger partial charge < -0.3 is 33.9 Å². The molecule has 0 saturated carbocycles. The van der Waals surface area contributed by atoms with E-state index in [-0.39, 0.29) is 6.61 Å². The number of aryl methyl sites for hydroxylation is 1. The lowest BCUT2D eigenvalue weighted by molar-refractivity contribution is -0.268. The number of hydrogen-bond acceptors (Lipinski definition) is 9. The molecule has 1 aliphatic rings. The molecule has 1 saturated heterocycles. The van der Waals surface area contributed by atoms with E-state index in [0.29, 0.717) is 22.6 Å². The molecular formula is C24H25NO9. The predicted molar refractivity (Wildman–Crippen MR) is 120 cm³/mol. The second-order valence-corrected chi connectivity index (χ2v) is 8.10. The second-order valence-electron chi connectivity index (χ2n) is 8.10. The number of fused-ring (bicyclic) bond motifs is 1. The zero-order chi connectivity index (χ0) is 24.4. The summed E-state index contributed by atoms with van der Waals surface area (Å²) in [5, 5.41) is 33.0. The van der Waals surface area contributed by atoms with E-state index in [4.69, 9.17) is 18.6 Å². The molecule has 0 spiro atoms. The van der Waals surface area contributed by atoms with E-state index in [0.717, 1.165) is 10.9 Å². The molecule has 0 unspecified atom stereocenters. The summed E-state index contributed by atoms with van der Waals surface area (Å²) >= 11 is 0. The fourth-order valence-corrected chi connectivity index (χ4v) is 3.61. The molecular weight excluding hydrogens is 446 g/mol. The number of ether oxygens (including phenoxy) is 3. The van der Waals surface area contributed by atoms with Crippen LogP contribution in [0.5, 0.6) is 5.75 Å². The Kier molecular flexibility index (Phi) is 6.85. The van der Waals surface area contributed by atoms with E-state index in [9.17, 15) is 24.9 Å². The first kappa shape index (κ1) is 23.7. The molecule has 180 valence electrons. The zero-order valence-corrected chi connectivity index (χ0v) is 18.5. The van der Waals surface area contributed by atoms with Crippen molar-refractivity contribution in [2.24, 2.45) is 0 Å². The molecule has 10 nitrogen and oxygen atoms in total. The van der Waals surface area contributed by atoms with E-state index in [2.05, 4.69) is 5.32 Å². The molecule has 5 atom stereocenters. The maximum atomic E-state index is 12.2. The highest BCUT2D eigenvalue weighted by atomic mass is 16.7. The molecule has 34 heavy (non-hydrogen) atoms. The molecule has 1 amide bonds. The molecule has 0 aliphatic carbocycles. The fourth-order valence-electron chi connectivity index (χ4n) is 3.61. The molecule has 3 aromatic rings. The number of benzene rings is 2. The third-order valence-corrected chi connectivity index (χ3v) is 5.55. The van der Waals surface area contributed by atoms with E-state index in [1.54, 1.807) is 56.3 Å².